The summed E-state index contributed by atoms with van der Waals surface area (Å²) in [7, 11) is 2.01. The highest BCUT2D eigenvalue weighted by atomic mass is 15.0. The fourth-order valence-electron chi connectivity index (χ4n) is 1.36. The van der Waals surface area contributed by atoms with Gasteiger partial charge in [-0.1, -0.05) is 18.2 Å². The maximum Gasteiger partial charge on any atom is 0.0366 e. The summed E-state index contributed by atoms with van der Waals surface area (Å²) in [4.78, 5) is 4.06. The highest BCUT2D eigenvalue weighted by molar-refractivity contribution is 5.50. The van der Waals surface area contributed by atoms with Crippen LogP contribution in [0, 0.1) is 0 Å². The van der Waals surface area contributed by atoms with Crippen molar-refractivity contribution in [2.24, 2.45) is 0 Å². The van der Waals surface area contributed by atoms with Gasteiger partial charge in [0, 0.05) is 17.9 Å². The fourth-order valence-corrected chi connectivity index (χ4v) is 1.36. The van der Waals surface area contributed by atoms with E-state index in [1.165, 1.54) is 18.4 Å². The molecular weight excluding hydrogens is 160 g/mol. The van der Waals surface area contributed by atoms with Gasteiger partial charge in [-0.15, -0.1) is 0 Å². The normalized spacial score (nSPS) is 19.2. The Balaban J connectivity index is 2.06. The Labute approximate surface area is 78.7 Å². The maximum atomic E-state index is 4.06. The van der Waals surface area contributed by atoms with E-state index in [1.54, 1.807) is 6.20 Å². The van der Waals surface area contributed by atoms with Gasteiger partial charge in [-0.2, -0.15) is 0 Å². The number of pyridine rings is 1. The zero-order valence-corrected chi connectivity index (χ0v) is 7.83. The first-order valence-corrected chi connectivity index (χ1v) is 4.63. The summed E-state index contributed by atoms with van der Waals surface area (Å²) in [5.74, 6) is 0. The van der Waals surface area contributed by atoms with Crippen LogP contribution in [0.25, 0.3) is 6.08 Å². The molecule has 0 atom stereocenters. The van der Waals surface area contributed by atoms with Gasteiger partial charge in [0.15, 0.2) is 0 Å². The maximum absolute atomic E-state index is 4.06. The van der Waals surface area contributed by atoms with Crippen molar-refractivity contribution >= 4 is 6.08 Å². The van der Waals surface area contributed by atoms with Crippen LogP contribution in [0.15, 0.2) is 30.6 Å². The van der Waals surface area contributed by atoms with Gasteiger partial charge < -0.3 is 5.32 Å². The molecule has 0 radical (unpaired) electrons. The van der Waals surface area contributed by atoms with Crippen LogP contribution in [-0.2, 0) is 0 Å². The number of likely N-dealkylation sites (N-methyl/N-ethyl adjacent to an activating group) is 1. The van der Waals surface area contributed by atoms with Crippen molar-refractivity contribution in [3.8, 4) is 0 Å². The standard InChI is InChI=1S/C11H14N2/c1-12-11(6-7-11)5-4-10-3-2-8-13-9-10/h2-5,8-9,12H,6-7H2,1H3/b5-4+. The topological polar surface area (TPSA) is 24.9 Å². The first kappa shape index (κ1) is 8.45. The highest BCUT2D eigenvalue weighted by Gasteiger charge is 2.37. The summed E-state index contributed by atoms with van der Waals surface area (Å²) >= 11 is 0. The molecule has 13 heavy (non-hydrogen) atoms. The Kier molecular flexibility index (Phi) is 2.15. The first-order valence-electron chi connectivity index (χ1n) is 4.63. The Morgan fingerprint density at radius 1 is 1.54 bits per heavy atom. The van der Waals surface area contributed by atoms with Crippen LogP contribution >= 0.6 is 0 Å². The van der Waals surface area contributed by atoms with Crippen LogP contribution in [-0.4, -0.2) is 17.6 Å². The summed E-state index contributed by atoms with van der Waals surface area (Å²) in [6.07, 6.45) is 10.5. The third-order valence-electron chi connectivity index (χ3n) is 2.57. The Morgan fingerprint density at radius 2 is 2.38 bits per heavy atom. The summed E-state index contributed by atoms with van der Waals surface area (Å²) in [6.45, 7) is 0. The van der Waals surface area contributed by atoms with Gasteiger partial charge in [0.25, 0.3) is 0 Å². The molecule has 2 nitrogen and oxygen atoms in total. The minimum atomic E-state index is 0.288. The minimum Gasteiger partial charge on any atom is -0.311 e. The lowest BCUT2D eigenvalue weighted by Gasteiger charge is -2.06. The zero-order chi connectivity index (χ0) is 9.15. The monoisotopic (exact) mass is 174 g/mol. The summed E-state index contributed by atoms with van der Waals surface area (Å²) in [6, 6.07) is 4.02. The molecule has 0 unspecified atom stereocenters. The van der Waals surface area contributed by atoms with E-state index < -0.39 is 0 Å². The van der Waals surface area contributed by atoms with Gasteiger partial charge in [0.1, 0.15) is 0 Å². The van der Waals surface area contributed by atoms with Crippen molar-refractivity contribution in [1.29, 1.82) is 0 Å². The third kappa shape index (κ3) is 1.95. The summed E-state index contributed by atoms with van der Waals surface area (Å²) < 4.78 is 0. The van der Waals surface area contributed by atoms with Gasteiger partial charge in [-0.05, 0) is 31.5 Å². The average molecular weight is 174 g/mol. The summed E-state index contributed by atoms with van der Waals surface area (Å²) in [5.41, 5.74) is 1.46. The van der Waals surface area contributed by atoms with E-state index in [2.05, 4.69) is 28.5 Å². The summed E-state index contributed by atoms with van der Waals surface area (Å²) in [5, 5.41) is 3.32. The van der Waals surface area contributed by atoms with Crippen molar-refractivity contribution in [2.75, 3.05) is 7.05 Å². The van der Waals surface area contributed by atoms with Crippen molar-refractivity contribution < 1.29 is 0 Å². The molecule has 1 aromatic rings. The molecule has 1 heterocycles. The lowest BCUT2D eigenvalue weighted by atomic mass is 10.2. The lowest BCUT2D eigenvalue weighted by molar-refractivity contribution is 0.673. The molecule has 1 aliphatic rings. The average Bonchev–Trinajstić information content (AvgIpc) is 2.97. The van der Waals surface area contributed by atoms with Crippen molar-refractivity contribution in [3.63, 3.8) is 0 Å². The van der Waals surface area contributed by atoms with E-state index in [-0.39, 0.29) is 5.54 Å². The Hall–Kier alpha value is -1.15. The second kappa shape index (κ2) is 3.30. The van der Waals surface area contributed by atoms with Crippen molar-refractivity contribution in [3.05, 3.63) is 36.2 Å². The van der Waals surface area contributed by atoms with Crippen molar-refractivity contribution in [2.45, 2.75) is 18.4 Å². The number of rotatable bonds is 3. The van der Waals surface area contributed by atoms with Crippen LogP contribution in [0.1, 0.15) is 18.4 Å². The first-order chi connectivity index (χ1) is 6.35. The smallest absolute Gasteiger partial charge is 0.0366 e. The van der Waals surface area contributed by atoms with E-state index in [0.29, 0.717) is 0 Å². The molecule has 1 saturated carbocycles. The van der Waals surface area contributed by atoms with E-state index >= 15 is 0 Å². The van der Waals surface area contributed by atoms with E-state index in [9.17, 15) is 0 Å². The Morgan fingerprint density at radius 3 is 2.92 bits per heavy atom. The molecule has 1 aliphatic carbocycles. The molecule has 2 heteroatoms. The molecular formula is C11H14N2. The van der Waals surface area contributed by atoms with E-state index in [1.807, 2.05) is 19.3 Å². The molecule has 0 aromatic carbocycles. The van der Waals surface area contributed by atoms with Crippen LogP contribution in [0.3, 0.4) is 0 Å². The second-order valence-electron chi connectivity index (χ2n) is 3.53. The SMILES string of the molecule is CNC1(/C=C/c2cccnc2)CC1. The van der Waals surface area contributed by atoms with Gasteiger partial charge >= 0.3 is 0 Å². The molecule has 0 spiro atoms. The number of nitrogens with one attached hydrogen (secondary N) is 1. The van der Waals surface area contributed by atoms with Gasteiger partial charge in [0.05, 0.1) is 0 Å². The van der Waals surface area contributed by atoms with Gasteiger partial charge in [-0.3, -0.25) is 4.98 Å². The van der Waals surface area contributed by atoms with E-state index in [4.69, 9.17) is 0 Å². The van der Waals surface area contributed by atoms with Crippen LogP contribution in [0.5, 0.6) is 0 Å². The molecule has 1 N–H and O–H groups in total. The van der Waals surface area contributed by atoms with E-state index in [0.717, 1.165) is 0 Å². The molecule has 0 bridgehead atoms. The van der Waals surface area contributed by atoms with Crippen molar-refractivity contribution in [1.82, 2.24) is 10.3 Å². The second-order valence-corrected chi connectivity index (χ2v) is 3.53. The molecule has 1 aromatic heterocycles. The Bertz CT molecular complexity index is 299. The minimum absolute atomic E-state index is 0.288. The van der Waals surface area contributed by atoms with Gasteiger partial charge in [0.2, 0.25) is 0 Å². The van der Waals surface area contributed by atoms with Crippen LogP contribution in [0.4, 0.5) is 0 Å². The number of hydrogen-bond donors (Lipinski definition) is 1. The van der Waals surface area contributed by atoms with Gasteiger partial charge in [-0.25, -0.2) is 0 Å². The molecule has 68 valence electrons. The third-order valence-corrected chi connectivity index (χ3v) is 2.57. The number of nitrogens with zero attached hydrogens (tertiary/aromatic N) is 1. The molecule has 0 saturated heterocycles. The van der Waals surface area contributed by atoms with Crippen LogP contribution < -0.4 is 5.32 Å². The predicted octanol–water partition coefficient (Wildman–Crippen LogP) is 1.85. The number of aromatic nitrogens is 1. The number of hydrogen-bond acceptors (Lipinski definition) is 2. The zero-order valence-electron chi connectivity index (χ0n) is 7.83. The highest BCUT2D eigenvalue weighted by Crippen LogP contribution is 2.36. The molecule has 0 amide bonds. The largest absolute Gasteiger partial charge is 0.311 e. The molecule has 0 aliphatic heterocycles. The predicted molar refractivity (Wildman–Crippen MR) is 54.3 cm³/mol. The quantitative estimate of drug-likeness (QED) is 0.756. The van der Waals surface area contributed by atoms with Crippen LogP contribution in [0.2, 0.25) is 0 Å². The molecule has 1 fully saturated rings. The fraction of sp³-hybridized carbons (Fsp3) is 0.364. The molecule has 2 rings (SSSR count). The lowest BCUT2D eigenvalue weighted by Crippen LogP contribution is -2.23.